The van der Waals surface area contributed by atoms with E-state index in [2.05, 4.69) is 9.97 Å². The summed E-state index contributed by atoms with van der Waals surface area (Å²) in [5.74, 6) is 0.549. The summed E-state index contributed by atoms with van der Waals surface area (Å²) in [5, 5.41) is 1.21. The molecular formula is C22H15ClN2O3. The first-order chi connectivity index (χ1) is 13.5. The number of hydrogen-bond acceptors (Lipinski definition) is 4. The maximum Gasteiger partial charge on any atom is 0.345 e. The van der Waals surface area contributed by atoms with Gasteiger partial charge in [0.15, 0.2) is 5.78 Å². The van der Waals surface area contributed by atoms with Crippen LogP contribution in [0.1, 0.15) is 15.9 Å². The summed E-state index contributed by atoms with van der Waals surface area (Å²) in [7, 11) is 1.57. The molecule has 1 heterocycles. The molecule has 0 radical (unpaired) electrons. The lowest BCUT2D eigenvalue weighted by atomic mass is 9.99. The van der Waals surface area contributed by atoms with Gasteiger partial charge in [0.25, 0.3) is 0 Å². The Morgan fingerprint density at radius 2 is 1.75 bits per heavy atom. The third-order valence-corrected chi connectivity index (χ3v) is 4.68. The van der Waals surface area contributed by atoms with Gasteiger partial charge in [0.1, 0.15) is 5.75 Å². The average Bonchev–Trinajstić information content (AvgIpc) is 2.72. The molecule has 6 heteroatoms. The zero-order chi connectivity index (χ0) is 19.7. The highest BCUT2D eigenvalue weighted by molar-refractivity contribution is 6.30. The van der Waals surface area contributed by atoms with Gasteiger partial charge in [-0.1, -0.05) is 23.7 Å². The van der Waals surface area contributed by atoms with E-state index in [9.17, 15) is 9.59 Å². The molecule has 0 bridgehead atoms. The first-order valence-electron chi connectivity index (χ1n) is 8.54. The van der Waals surface area contributed by atoms with Crippen molar-refractivity contribution in [2.24, 2.45) is 0 Å². The number of methoxy groups -OCH3 is 1. The molecule has 28 heavy (non-hydrogen) atoms. The van der Waals surface area contributed by atoms with Crippen molar-refractivity contribution in [1.82, 2.24) is 9.97 Å². The third-order valence-electron chi connectivity index (χ3n) is 4.44. The van der Waals surface area contributed by atoms with Crippen molar-refractivity contribution >= 4 is 28.3 Å². The van der Waals surface area contributed by atoms with Crippen LogP contribution in [0.3, 0.4) is 0 Å². The number of ether oxygens (including phenoxy) is 1. The summed E-state index contributed by atoms with van der Waals surface area (Å²) in [4.78, 5) is 31.7. The van der Waals surface area contributed by atoms with Crippen LogP contribution < -0.4 is 10.4 Å². The van der Waals surface area contributed by atoms with Crippen molar-refractivity contribution in [3.05, 3.63) is 93.4 Å². The van der Waals surface area contributed by atoms with Crippen LogP contribution in [0.4, 0.5) is 0 Å². The number of benzene rings is 3. The maximum absolute atomic E-state index is 12.9. The smallest absolute Gasteiger partial charge is 0.345 e. The van der Waals surface area contributed by atoms with Gasteiger partial charge in [0.05, 0.1) is 18.3 Å². The van der Waals surface area contributed by atoms with Gasteiger partial charge in [-0.25, -0.2) is 4.79 Å². The lowest BCUT2D eigenvalue weighted by Gasteiger charge is -2.08. The fourth-order valence-corrected chi connectivity index (χ4v) is 3.25. The van der Waals surface area contributed by atoms with Crippen molar-refractivity contribution in [3.63, 3.8) is 0 Å². The summed E-state index contributed by atoms with van der Waals surface area (Å²) in [5.41, 5.74) is 2.36. The van der Waals surface area contributed by atoms with Crippen LogP contribution >= 0.6 is 11.6 Å². The van der Waals surface area contributed by atoms with Gasteiger partial charge in [0.2, 0.25) is 0 Å². The lowest BCUT2D eigenvalue weighted by molar-refractivity contribution is 0.103. The second kappa shape index (κ2) is 7.29. The first kappa shape index (κ1) is 17.9. The van der Waals surface area contributed by atoms with Crippen LogP contribution in [0.25, 0.3) is 22.2 Å². The summed E-state index contributed by atoms with van der Waals surface area (Å²) in [6.07, 6.45) is 0. The fraction of sp³-hybridized carbons (Fsp3) is 0.0455. The zero-order valence-electron chi connectivity index (χ0n) is 14.9. The highest BCUT2D eigenvalue weighted by atomic mass is 35.5. The van der Waals surface area contributed by atoms with Gasteiger partial charge in [-0.3, -0.25) is 4.79 Å². The summed E-state index contributed by atoms with van der Waals surface area (Å²) >= 11 is 6.09. The zero-order valence-corrected chi connectivity index (χ0v) is 15.7. The fourth-order valence-electron chi connectivity index (χ4n) is 3.06. The molecule has 0 fully saturated rings. The SMILES string of the molecule is COc1ccc(C(=O)c2ccc3[nH]c(=O)nc(-c4cccc(Cl)c4)c3c2)cc1. The highest BCUT2D eigenvalue weighted by Gasteiger charge is 2.14. The maximum atomic E-state index is 12.9. The van der Waals surface area contributed by atoms with E-state index in [4.69, 9.17) is 16.3 Å². The number of aromatic amines is 1. The Morgan fingerprint density at radius 1 is 1.00 bits per heavy atom. The number of aromatic nitrogens is 2. The molecule has 5 nitrogen and oxygen atoms in total. The molecule has 0 spiro atoms. The number of rotatable bonds is 4. The number of nitrogens with one attached hydrogen (secondary N) is 1. The lowest BCUT2D eigenvalue weighted by Crippen LogP contribution is -2.12. The van der Waals surface area contributed by atoms with E-state index in [1.807, 2.05) is 6.07 Å². The molecule has 0 unspecified atom stereocenters. The Bertz CT molecular complexity index is 1250. The van der Waals surface area contributed by atoms with Crippen LogP contribution in [0, 0.1) is 0 Å². The number of fused-ring (bicyclic) bond motifs is 1. The minimum atomic E-state index is -0.461. The molecule has 1 N–H and O–H groups in total. The van der Waals surface area contributed by atoms with Crippen LogP contribution in [0.5, 0.6) is 5.75 Å². The Morgan fingerprint density at radius 3 is 2.46 bits per heavy atom. The molecule has 1 aromatic heterocycles. The van der Waals surface area contributed by atoms with E-state index in [0.717, 1.165) is 0 Å². The molecule has 0 atom stereocenters. The normalized spacial score (nSPS) is 10.8. The van der Waals surface area contributed by atoms with Gasteiger partial charge >= 0.3 is 5.69 Å². The van der Waals surface area contributed by atoms with Crippen LogP contribution in [0.15, 0.2) is 71.5 Å². The molecule has 0 saturated heterocycles. The predicted molar refractivity (Wildman–Crippen MR) is 109 cm³/mol. The molecule has 4 aromatic rings. The van der Waals surface area contributed by atoms with E-state index in [-0.39, 0.29) is 5.78 Å². The van der Waals surface area contributed by atoms with Crippen molar-refractivity contribution in [2.75, 3.05) is 7.11 Å². The van der Waals surface area contributed by atoms with E-state index >= 15 is 0 Å². The molecule has 4 rings (SSSR count). The number of hydrogen-bond donors (Lipinski definition) is 1. The second-order valence-corrected chi connectivity index (χ2v) is 6.66. The standard InChI is InChI=1S/C22H15ClN2O3/c1-28-17-8-5-13(6-9-17)21(26)15-7-10-19-18(12-15)20(25-22(27)24-19)14-3-2-4-16(23)11-14/h2-12H,1H3,(H,24,25,27). The third kappa shape index (κ3) is 3.40. The van der Waals surface area contributed by atoms with Gasteiger partial charge in [-0.05, 0) is 54.6 Å². The number of nitrogens with zero attached hydrogens (tertiary/aromatic N) is 1. The Kier molecular flexibility index (Phi) is 4.67. The number of carbonyl (C=O) groups excluding carboxylic acids is 1. The van der Waals surface area contributed by atoms with E-state index < -0.39 is 5.69 Å². The first-order valence-corrected chi connectivity index (χ1v) is 8.92. The van der Waals surface area contributed by atoms with E-state index in [1.54, 1.807) is 67.8 Å². The average molecular weight is 391 g/mol. The Hall–Kier alpha value is -3.44. The summed E-state index contributed by atoms with van der Waals surface area (Å²) in [6.45, 7) is 0. The van der Waals surface area contributed by atoms with Crippen molar-refractivity contribution < 1.29 is 9.53 Å². The molecule has 0 aliphatic heterocycles. The topological polar surface area (TPSA) is 72.1 Å². The summed E-state index contributed by atoms with van der Waals surface area (Å²) < 4.78 is 5.13. The molecular weight excluding hydrogens is 376 g/mol. The van der Waals surface area contributed by atoms with Gasteiger partial charge in [-0.15, -0.1) is 0 Å². The minimum absolute atomic E-state index is 0.132. The van der Waals surface area contributed by atoms with Crippen molar-refractivity contribution in [3.8, 4) is 17.0 Å². The molecule has 0 aliphatic carbocycles. The predicted octanol–water partition coefficient (Wildman–Crippen LogP) is 4.48. The van der Waals surface area contributed by atoms with Gasteiger partial charge < -0.3 is 9.72 Å². The number of ketones is 1. The molecule has 138 valence electrons. The molecule has 3 aromatic carbocycles. The van der Waals surface area contributed by atoms with E-state index in [0.29, 0.717) is 44.1 Å². The van der Waals surface area contributed by atoms with Gasteiger partial charge in [-0.2, -0.15) is 4.98 Å². The largest absolute Gasteiger partial charge is 0.497 e. The number of H-pyrrole nitrogens is 1. The highest BCUT2D eigenvalue weighted by Crippen LogP contribution is 2.28. The van der Waals surface area contributed by atoms with E-state index in [1.165, 1.54) is 0 Å². The minimum Gasteiger partial charge on any atom is -0.497 e. The summed E-state index contributed by atoms with van der Waals surface area (Å²) in [6, 6.07) is 19.2. The molecule has 0 amide bonds. The quantitative estimate of drug-likeness (QED) is 0.521. The number of carbonyl (C=O) groups is 1. The molecule has 0 aliphatic rings. The Balaban J connectivity index is 1.85. The molecule has 0 saturated carbocycles. The van der Waals surface area contributed by atoms with Crippen LogP contribution in [-0.2, 0) is 0 Å². The van der Waals surface area contributed by atoms with Crippen LogP contribution in [-0.4, -0.2) is 22.9 Å². The second-order valence-electron chi connectivity index (χ2n) is 6.22. The Labute approximate surface area is 165 Å². The van der Waals surface area contributed by atoms with Crippen molar-refractivity contribution in [1.29, 1.82) is 0 Å². The van der Waals surface area contributed by atoms with Crippen molar-refractivity contribution in [2.45, 2.75) is 0 Å². The van der Waals surface area contributed by atoms with Crippen LogP contribution in [0.2, 0.25) is 5.02 Å². The van der Waals surface area contributed by atoms with Gasteiger partial charge in [0, 0.05) is 27.1 Å². The number of halogens is 1. The monoisotopic (exact) mass is 390 g/mol.